The molecule has 2 fully saturated rings. The summed E-state index contributed by atoms with van der Waals surface area (Å²) in [5.74, 6) is 1.04. The van der Waals surface area contributed by atoms with Crippen molar-refractivity contribution in [2.75, 3.05) is 45.2 Å². The second-order valence-electron chi connectivity index (χ2n) is 8.15. The van der Waals surface area contributed by atoms with Gasteiger partial charge in [0, 0.05) is 49.5 Å². The molecule has 0 aliphatic carbocycles. The Morgan fingerprint density at radius 1 is 1.19 bits per heavy atom. The Hall–Kier alpha value is -1.73. The van der Waals surface area contributed by atoms with Gasteiger partial charge in [0.15, 0.2) is 0 Å². The summed E-state index contributed by atoms with van der Waals surface area (Å²) < 4.78 is 0. The van der Waals surface area contributed by atoms with Crippen molar-refractivity contribution in [3.05, 3.63) is 17.1 Å². The van der Waals surface area contributed by atoms with Gasteiger partial charge in [0.25, 0.3) is 5.91 Å². The first-order valence-corrected chi connectivity index (χ1v) is 9.57. The van der Waals surface area contributed by atoms with E-state index >= 15 is 0 Å². The van der Waals surface area contributed by atoms with Gasteiger partial charge in [0.2, 0.25) is 5.82 Å². The molecule has 7 nitrogen and oxygen atoms in total. The molecule has 1 aromatic heterocycles. The summed E-state index contributed by atoms with van der Waals surface area (Å²) >= 11 is 0. The summed E-state index contributed by atoms with van der Waals surface area (Å²) in [5.41, 5.74) is 1.95. The van der Waals surface area contributed by atoms with Gasteiger partial charge < -0.3 is 15.1 Å². The number of aryl methyl sites for hydroxylation is 1. The van der Waals surface area contributed by atoms with Crippen LogP contribution in [0.25, 0.3) is 0 Å². The van der Waals surface area contributed by atoms with Crippen molar-refractivity contribution in [3.63, 3.8) is 0 Å². The van der Waals surface area contributed by atoms with Crippen LogP contribution in [0, 0.1) is 13.8 Å². The highest BCUT2D eigenvalue weighted by Gasteiger charge is 2.31. The quantitative estimate of drug-likeness (QED) is 0.847. The number of likely N-dealkylation sites (tertiary alicyclic amines) is 1. The van der Waals surface area contributed by atoms with Crippen molar-refractivity contribution in [2.45, 2.75) is 52.2 Å². The average Bonchev–Trinajstić information content (AvgIpc) is 3.02. The number of carbonyl (C=O) groups excluding carboxylic acids is 1. The molecular formula is C19H32N6O. The summed E-state index contributed by atoms with van der Waals surface area (Å²) in [4.78, 5) is 28.6. The van der Waals surface area contributed by atoms with Gasteiger partial charge in [-0.2, -0.15) is 0 Å². The third kappa shape index (κ3) is 3.83. The van der Waals surface area contributed by atoms with Gasteiger partial charge in [-0.05, 0) is 48.2 Å². The molecule has 2 aliphatic rings. The number of hydrogen-bond donors (Lipinski definition) is 1. The van der Waals surface area contributed by atoms with E-state index < -0.39 is 0 Å². The highest BCUT2D eigenvalue weighted by molar-refractivity contribution is 5.91. The number of amides is 1. The lowest BCUT2D eigenvalue weighted by atomic mass is 10.1. The number of aromatic nitrogens is 2. The molecule has 1 amide bonds. The third-order valence-corrected chi connectivity index (χ3v) is 5.74. The van der Waals surface area contributed by atoms with Crippen molar-refractivity contribution < 1.29 is 4.79 Å². The van der Waals surface area contributed by atoms with E-state index in [1.807, 2.05) is 13.8 Å². The van der Waals surface area contributed by atoms with Crippen LogP contribution in [-0.2, 0) is 0 Å². The minimum Gasteiger partial charge on any atom is -0.355 e. The van der Waals surface area contributed by atoms with Crippen molar-refractivity contribution >= 4 is 11.7 Å². The largest absolute Gasteiger partial charge is 0.355 e. The fourth-order valence-corrected chi connectivity index (χ4v) is 3.65. The number of nitrogens with zero attached hydrogens (tertiary/aromatic N) is 5. The van der Waals surface area contributed by atoms with E-state index in [0.717, 1.165) is 49.7 Å². The monoisotopic (exact) mass is 360 g/mol. The van der Waals surface area contributed by atoms with Crippen LogP contribution in [0.4, 0.5) is 5.82 Å². The number of likely N-dealkylation sites (N-methyl/N-ethyl adjacent to an activating group) is 1. The molecule has 1 N–H and O–H groups in total. The highest BCUT2D eigenvalue weighted by Crippen LogP contribution is 2.25. The van der Waals surface area contributed by atoms with Gasteiger partial charge in [-0.1, -0.05) is 0 Å². The first-order valence-electron chi connectivity index (χ1n) is 9.57. The summed E-state index contributed by atoms with van der Waals surface area (Å²) in [6, 6.07) is 1.25. The number of hydrogen-bond acceptors (Lipinski definition) is 6. The Balaban J connectivity index is 1.71. The highest BCUT2D eigenvalue weighted by atomic mass is 16.2. The van der Waals surface area contributed by atoms with Gasteiger partial charge in [0.05, 0.1) is 6.04 Å². The topological polar surface area (TPSA) is 64.6 Å². The zero-order valence-electron chi connectivity index (χ0n) is 16.9. The molecule has 0 saturated carbocycles. The van der Waals surface area contributed by atoms with E-state index in [2.05, 4.69) is 57.9 Å². The molecule has 26 heavy (non-hydrogen) atoms. The first kappa shape index (κ1) is 19.0. The number of anilines is 1. The lowest BCUT2D eigenvalue weighted by molar-refractivity contribution is 0.0706. The zero-order chi connectivity index (χ0) is 19.0. The van der Waals surface area contributed by atoms with E-state index in [1.54, 1.807) is 0 Å². The molecule has 1 atom stereocenters. The maximum absolute atomic E-state index is 12.6. The number of carbonyl (C=O) groups is 1. The fourth-order valence-electron chi connectivity index (χ4n) is 3.65. The van der Waals surface area contributed by atoms with E-state index in [-0.39, 0.29) is 11.9 Å². The summed E-state index contributed by atoms with van der Waals surface area (Å²) in [6.07, 6.45) is 1.12. The number of nitrogens with one attached hydrogen (secondary N) is 1. The molecule has 0 unspecified atom stereocenters. The Bertz CT molecular complexity index is 668. The van der Waals surface area contributed by atoms with Crippen LogP contribution in [0.2, 0.25) is 0 Å². The molecule has 1 aromatic rings. The third-order valence-electron chi connectivity index (χ3n) is 5.74. The minimum absolute atomic E-state index is 0.161. The Labute approximate surface area is 156 Å². The summed E-state index contributed by atoms with van der Waals surface area (Å²) in [7, 11) is 4.23. The van der Waals surface area contributed by atoms with Crippen molar-refractivity contribution in [2.24, 2.45) is 0 Å². The molecule has 3 rings (SSSR count). The van der Waals surface area contributed by atoms with Crippen LogP contribution in [0.3, 0.4) is 0 Å². The lowest BCUT2D eigenvalue weighted by Crippen LogP contribution is -2.61. The lowest BCUT2D eigenvalue weighted by Gasteiger charge is -2.42. The Morgan fingerprint density at radius 2 is 1.88 bits per heavy atom. The number of rotatable bonds is 5. The molecule has 2 saturated heterocycles. The van der Waals surface area contributed by atoms with E-state index in [1.165, 1.54) is 0 Å². The molecule has 0 bridgehead atoms. The summed E-state index contributed by atoms with van der Waals surface area (Å²) in [5, 5.41) is 3.08. The maximum atomic E-state index is 12.6. The van der Waals surface area contributed by atoms with Crippen LogP contribution in [-0.4, -0.2) is 84.1 Å². The van der Waals surface area contributed by atoms with E-state index in [0.29, 0.717) is 17.9 Å². The standard InChI is InChI=1S/C19H32N6O/c1-12(2)25-9-15(10-25)21-19(26)17-20-14(4)13(3)18(22-17)24-8-7-16(11-24)23(5)6/h12,15-16H,7-11H2,1-6H3,(H,21,26)/t16-/m1/s1. The second kappa shape index (κ2) is 7.48. The van der Waals surface area contributed by atoms with Crippen LogP contribution < -0.4 is 10.2 Å². The smallest absolute Gasteiger partial charge is 0.289 e. The van der Waals surface area contributed by atoms with Crippen molar-refractivity contribution in [1.29, 1.82) is 0 Å². The zero-order valence-corrected chi connectivity index (χ0v) is 16.9. The molecule has 0 aromatic carbocycles. The molecule has 144 valence electrons. The van der Waals surface area contributed by atoms with Gasteiger partial charge in [-0.3, -0.25) is 9.69 Å². The second-order valence-corrected chi connectivity index (χ2v) is 8.15. The average molecular weight is 361 g/mol. The van der Waals surface area contributed by atoms with Gasteiger partial charge in [-0.25, -0.2) is 9.97 Å². The molecule has 0 radical (unpaired) electrons. The molecule has 7 heteroatoms. The van der Waals surface area contributed by atoms with Crippen LogP contribution in [0.5, 0.6) is 0 Å². The van der Waals surface area contributed by atoms with Crippen LogP contribution in [0.15, 0.2) is 0 Å². The first-order chi connectivity index (χ1) is 12.3. The predicted octanol–water partition coefficient (Wildman–Crippen LogP) is 1.06. The van der Waals surface area contributed by atoms with E-state index in [9.17, 15) is 4.79 Å². The van der Waals surface area contributed by atoms with Crippen LogP contribution >= 0.6 is 0 Å². The van der Waals surface area contributed by atoms with Crippen molar-refractivity contribution in [1.82, 2.24) is 25.1 Å². The minimum atomic E-state index is -0.161. The Morgan fingerprint density at radius 3 is 2.46 bits per heavy atom. The summed E-state index contributed by atoms with van der Waals surface area (Å²) in [6.45, 7) is 12.1. The molecular weight excluding hydrogens is 328 g/mol. The normalized spacial score (nSPS) is 21.5. The molecule has 0 spiro atoms. The van der Waals surface area contributed by atoms with Crippen LogP contribution in [0.1, 0.15) is 42.1 Å². The van der Waals surface area contributed by atoms with Gasteiger partial charge >= 0.3 is 0 Å². The molecule has 3 heterocycles. The predicted molar refractivity (Wildman–Crippen MR) is 104 cm³/mol. The molecule has 2 aliphatic heterocycles. The van der Waals surface area contributed by atoms with E-state index in [4.69, 9.17) is 0 Å². The fraction of sp³-hybridized carbons (Fsp3) is 0.737. The van der Waals surface area contributed by atoms with Crippen molar-refractivity contribution in [3.8, 4) is 0 Å². The van der Waals surface area contributed by atoms with Gasteiger partial charge in [0.1, 0.15) is 5.82 Å². The SMILES string of the molecule is Cc1nc(C(=O)NC2CN(C(C)C)C2)nc(N2CC[C@@H](N(C)C)C2)c1C. The maximum Gasteiger partial charge on any atom is 0.289 e. The van der Waals surface area contributed by atoms with Gasteiger partial charge in [-0.15, -0.1) is 0 Å². The Kier molecular flexibility index (Phi) is 5.48.